The van der Waals surface area contributed by atoms with Gasteiger partial charge in [-0.2, -0.15) is 9.57 Å². The highest BCUT2D eigenvalue weighted by molar-refractivity contribution is 7.89. The van der Waals surface area contributed by atoms with Crippen molar-refractivity contribution in [1.29, 1.82) is 5.26 Å². The lowest BCUT2D eigenvalue weighted by Crippen LogP contribution is -2.33. The molecule has 0 radical (unpaired) electrons. The summed E-state index contributed by atoms with van der Waals surface area (Å²) in [6, 6.07) is 12.2. The summed E-state index contributed by atoms with van der Waals surface area (Å²) < 4.78 is 26.2. The van der Waals surface area contributed by atoms with Gasteiger partial charge in [0.2, 0.25) is 10.0 Å². The van der Waals surface area contributed by atoms with Crippen LogP contribution in [0.4, 0.5) is 11.4 Å². The molecule has 0 heterocycles. The second-order valence-corrected chi connectivity index (χ2v) is 8.21. The number of nitrogens with one attached hydrogen (secondary N) is 1. The Balaban J connectivity index is 2.17. The van der Waals surface area contributed by atoms with Gasteiger partial charge in [0.1, 0.15) is 5.69 Å². The van der Waals surface area contributed by atoms with E-state index in [1.165, 1.54) is 41.7 Å². The van der Waals surface area contributed by atoms with Crippen LogP contribution >= 0.6 is 0 Å². The van der Waals surface area contributed by atoms with Crippen LogP contribution < -0.4 is 5.32 Å². The number of nitrogens with zero attached hydrogens (tertiary/aromatic N) is 3. The molecule has 2 aromatic rings. The largest absolute Gasteiger partial charge is 0.375 e. The van der Waals surface area contributed by atoms with E-state index >= 15 is 0 Å². The van der Waals surface area contributed by atoms with Gasteiger partial charge in [-0.05, 0) is 43.7 Å². The summed E-state index contributed by atoms with van der Waals surface area (Å²) in [6.45, 7) is 3.85. The molecule has 1 N–H and O–H groups in total. The van der Waals surface area contributed by atoms with Gasteiger partial charge in [-0.1, -0.05) is 12.1 Å². The van der Waals surface area contributed by atoms with Crippen molar-refractivity contribution in [2.75, 3.05) is 12.4 Å². The molecule has 9 heteroatoms. The lowest BCUT2D eigenvalue weighted by molar-refractivity contribution is -0.384. The molecule has 0 aliphatic heterocycles. The maximum atomic E-state index is 12.5. The van der Waals surface area contributed by atoms with Crippen LogP contribution in [0.25, 0.3) is 0 Å². The minimum absolute atomic E-state index is 0.159. The lowest BCUT2D eigenvalue weighted by atomic mass is 10.1. The van der Waals surface area contributed by atoms with Crippen LogP contribution in [0, 0.1) is 21.4 Å². The zero-order valence-corrected chi connectivity index (χ0v) is 16.0. The first-order valence-electron chi connectivity index (χ1n) is 8.16. The Morgan fingerprint density at radius 1 is 1.22 bits per heavy atom. The topological polar surface area (TPSA) is 116 Å². The first kappa shape index (κ1) is 20.4. The van der Waals surface area contributed by atoms with E-state index in [0.29, 0.717) is 0 Å². The highest BCUT2D eigenvalue weighted by Crippen LogP contribution is 2.26. The molecule has 0 saturated carbocycles. The van der Waals surface area contributed by atoms with Gasteiger partial charge in [-0.3, -0.25) is 10.1 Å². The summed E-state index contributed by atoms with van der Waals surface area (Å²) in [7, 11) is -2.03. The molecule has 0 aliphatic carbocycles. The molecule has 0 saturated heterocycles. The van der Waals surface area contributed by atoms with Gasteiger partial charge in [0.15, 0.2) is 0 Å². The number of nitriles is 1. The fourth-order valence-corrected chi connectivity index (χ4v) is 3.69. The van der Waals surface area contributed by atoms with Gasteiger partial charge in [-0.15, -0.1) is 0 Å². The van der Waals surface area contributed by atoms with Crippen molar-refractivity contribution >= 4 is 21.4 Å². The minimum atomic E-state index is -3.55. The molecule has 0 spiro atoms. The molecule has 2 aromatic carbocycles. The molecule has 2 rings (SSSR count). The summed E-state index contributed by atoms with van der Waals surface area (Å²) in [5.74, 6) is 0. The molecule has 0 unspecified atom stereocenters. The standard InChI is InChI=1S/C18H20N4O4S/c1-13(2)21(3)27(25,26)16-7-4-14(5-8-16)12-20-17-9-6-15(11-19)10-18(17)22(23)24/h4-10,13,20H,12H2,1-3H3. The Labute approximate surface area is 158 Å². The first-order chi connectivity index (χ1) is 12.7. The number of rotatable bonds is 7. The maximum Gasteiger partial charge on any atom is 0.293 e. The fraction of sp³-hybridized carbons (Fsp3) is 0.278. The second kappa shape index (κ2) is 8.16. The second-order valence-electron chi connectivity index (χ2n) is 6.21. The third kappa shape index (κ3) is 4.61. The van der Waals surface area contributed by atoms with Gasteiger partial charge in [0, 0.05) is 25.7 Å². The zero-order chi connectivity index (χ0) is 20.2. The van der Waals surface area contributed by atoms with Crippen molar-refractivity contribution in [3.05, 3.63) is 63.7 Å². The third-order valence-electron chi connectivity index (χ3n) is 4.13. The van der Waals surface area contributed by atoms with E-state index in [4.69, 9.17) is 5.26 Å². The molecule has 0 amide bonds. The number of hydrogen-bond donors (Lipinski definition) is 1. The molecular weight excluding hydrogens is 368 g/mol. The van der Waals surface area contributed by atoms with Crippen LogP contribution in [-0.4, -0.2) is 30.7 Å². The number of benzene rings is 2. The monoisotopic (exact) mass is 388 g/mol. The van der Waals surface area contributed by atoms with E-state index in [9.17, 15) is 18.5 Å². The average Bonchev–Trinajstić information content (AvgIpc) is 2.65. The molecule has 142 valence electrons. The Morgan fingerprint density at radius 2 is 1.85 bits per heavy atom. The Hall–Kier alpha value is -2.96. The first-order valence-corrected chi connectivity index (χ1v) is 9.60. The highest BCUT2D eigenvalue weighted by Gasteiger charge is 2.22. The summed E-state index contributed by atoms with van der Waals surface area (Å²) in [5.41, 5.74) is 1.07. The molecule has 0 aliphatic rings. The van der Waals surface area contributed by atoms with Crippen molar-refractivity contribution in [2.45, 2.75) is 31.3 Å². The Morgan fingerprint density at radius 3 is 2.37 bits per heavy atom. The number of anilines is 1. The summed E-state index contributed by atoms with van der Waals surface area (Å²) in [5, 5.41) is 23.0. The smallest absolute Gasteiger partial charge is 0.293 e. The van der Waals surface area contributed by atoms with Gasteiger partial charge in [-0.25, -0.2) is 8.42 Å². The van der Waals surface area contributed by atoms with Crippen LogP contribution in [0.2, 0.25) is 0 Å². The van der Waals surface area contributed by atoms with E-state index in [-0.39, 0.29) is 34.4 Å². The van der Waals surface area contributed by atoms with Crippen molar-refractivity contribution in [3.8, 4) is 6.07 Å². The van der Waals surface area contributed by atoms with Crippen LogP contribution in [0.5, 0.6) is 0 Å². The summed E-state index contributed by atoms with van der Waals surface area (Å²) in [4.78, 5) is 10.8. The zero-order valence-electron chi connectivity index (χ0n) is 15.2. The van der Waals surface area contributed by atoms with Gasteiger partial charge in [0.05, 0.1) is 21.5 Å². The Kier molecular flexibility index (Phi) is 6.15. The van der Waals surface area contributed by atoms with E-state index in [2.05, 4.69) is 5.32 Å². The lowest BCUT2D eigenvalue weighted by Gasteiger charge is -2.21. The highest BCUT2D eigenvalue weighted by atomic mass is 32.2. The van der Waals surface area contributed by atoms with E-state index < -0.39 is 14.9 Å². The van der Waals surface area contributed by atoms with E-state index in [0.717, 1.165) is 5.56 Å². The molecule has 8 nitrogen and oxygen atoms in total. The predicted molar refractivity (Wildman–Crippen MR) is 102 cm³/mol. The van der Waals surface area contributed by atoms with Crippen molar-refractivity contribution in [1.82, 2.24) is 4.31 Å². The molecule has 0 fully saturated rings. The molecule has 0 bridgehead atoms. The van der Waals surface area contributed by atoms with E-state index in [1.54, 1.807) is 26.0 Å². The van der Waals surface area contributed by atoms with Gasteiger partial charge in [0.25, 0.3) is 5.69 Å². The third-order valence-corrected chi connectivity index (χ3v) is 6.18. The quantitative estimate of drug-likeness (QED) is 0.575. The number of sulfonamides is 1. The van der Waals surface area contributed by atoms with Gasteiger partial charge >= 0.3 is 0 Å². The normalized spacial score (nSPS) is 11.4. The molecule has 27 heavy (non-hydrogen) atoms. The van der Waals surface area contributed by atoms with Crippen molar-refractivity contribution in [3.63, 3.8) is 0 Å². The SMILES string of the molecule is CC(C)N(C)S(=O)(=O)c1ccc(CNc2ccc(C#N)cc2[N+](=O)[O-])cc1. The number of nitro groups is 1. The number of nitro benzene ring substituents is 1. The van der Waals surface area contributed by atoms with Gasteiger partial charge < -0.3 is 5.32 Å². The van der Waals surface area contributed by atoms with Crippen molar-refractivity contribution in [2.24, 2.45) is 0 Å². The van der Waals surface area contributed by atoms with E-state index in [1.807, 2.05) is 6.07 Å². The molecule has 0 aromatic heterocycles. The number of hydrogen-bond acceptors (Lipinski definition) is 6. The summed E-state index contributed by atoms with van der Waals surface area (Å²) >= 11 is 0. The summed E-state index contributed by atoms with van der Waals surface area (Å²) in [6.07, 6.45) is 0. The maximum absolute atomic E-state index is 12.5. The van der Waals surface area contributed by atoms with Crippen molar-refractivity contribution < 1.29 is 13.3 Å². The Bertz CT molecular complexity index is 979. The molecular formula is C18H20N4O4S. The fourth-order valence-electron chi connectivity index (χ4n) is 2.32. The average molecular weight is 388 g/mol. The molecule has 0 atom stereocenters. The van der Waals surface area contributed by atoms with Crippen LogP contribution in [0.1, 0.15) is 25.0 Å². The predicted octanol–water partition coefficient (Wildman–Crippen LogP) is 3.11. The van der Waals surface area contributed by atoms with Crippen LogP contribution in [0.15, 0.2) is 47.4 Å². The minimum Gasteiger partial charge on any atom is -0.375 e. The van der Waals surface area contributed by atoms with Crippen LogP contribution in [-0.2, 0) is 16.6 Å². The van der Waals surface area contributed by atoms with Crippen LogP contribution in [0.3, 0.4) is 0 Å².